The minimum atomic E-state index is -3.71. The van der Waals surface area contributed by atoms with Crippen molar-refractivity contribution in [3.05, 3.63) is 109 Å². The zero-order chi connectivity index (χ0) is 21.3. The largest absolute Gasteiger partial charge is 0.306 e. The van der Waals surface area contributed by atoms with Gasteiger partial charge >= 0.3 is 0 Å². The van der Waals surface area contributed by atoms with Gasteiger partial charge in [-0.3, -0.25) is 4.72 Å². The van der Waals surface area contributed by atoms with E-state index in [2.05, 4.69) is 9.71 Å². The summed E-state index contributed by atoms with van der Waals surface area (Å²) in [4.78, 5) is 4.82. The van der Waals surface area contributed by atoms with E-state index in [4.69, 9.17) is 0 Å². The number of benzene rings is 3. The van der Waals surface area contributed by atoms with E-state index in [1.807, 2.05) is 89.6 Å². The van der Waals surface area contributed by atoms with Crippen LogP contribution in [-0.4, -0.2) is 17.8 Å². The van der Waals surface area contributed by atoms with E-state index < -0.39 is 10.0 Å². The van der Waals surface area contributed by atoms with Crippen molar-refractivity contribution in [2.45, 2.75) is 4.90 Å². The summed E-state index contributed by atoms with van der Waals surface area (Å²) in [6.45, 7) is 0. The first-order chi connectivity index (χ1) is 15.1. The topological polar surface area (TPSA) is 63.5 Å². The second-order valence-electron chi connectivity index (χ2n) is 7.17. The maximum absolute atomic E-state index is 12.9. The van der Waals surface area contributed by atoms with Crippen LogP contribution in [0.25, 0.3) is 28.0 Å². The molecule has 0 saturated heterocycles. The average Bonchev–Trinajstić information content (AvgIpc) is 3.24. The monoisotopic (exact) mass is 425 g/mol. The summed E-state index contributed by atoms with van der Waals surface area (Å²) in [6.07, 6.45) is 3.85. The summed E-state index contributed by atoms with van der Waals surface area (Å²) in [7, 11) is -3.71. The Morgan fingerprint density at radius 1 is 0.710 bits per heavy atom. The third kappa shape index (κ3) is 3.93. The normalized spacial score (nSPS) is 11.5. The fraction of sp³-hybridized carbons (Fsp3) is 0. The molecule has 2 heterocycles. The van der Waals surface area contributed by atoms with E-state index in [1.54, 1.807) is 24.3 Å². The Balaban J connectivity index is 1.41. The van der Waals surface area contributed by atoms with Crippen LogP contribution in [0.2, 0.25) is 0 Å². The van der Waals surface area contributed by atoms with Crippen LogP contribution in [0.15, 0.2) is 114 Å². The Bertz CT molecular complexity index is 1420. The van der Waals surface area contributed by atoms with Crippen LogP contribution in [0.4, 0.5) is 5.69 Å². The molecule has 0 aliphatic rings. The summed E-state index contributed by atoms with van der Waals surface area (Å²) in [6, 6.07) is 29.8. The first-order valence-corrected chi connectivity index (χ1v) is 11.3. The Hall–Kier alpha value is -3.90. The van der Waals surface area contributed by atoms with E-state index in [0.29, 0.717) is 5.69 Å². The molecular formula is C25H19N3O2S. The van der Waals surface area contributed by atoms with Crippen molar-refractivity contribution in [1.82, 2.24) is 9.38 Å². The van der Waals surface area contributed by atoms with Crippen molar-refractivity contribution in [3.8, 4) is 22.4 Å². The van der Waals surface area contributed by atoms with Gasteiger partial charge in [-0.15, -0.1) is 0 Å². The molecular weight excluding hydrogens is 406 g/mol. The highest BCUT2D eigenvalue weighted by molar-refractivity contribution is 7.92. The van der Waals surface area contributed by atoms with Gasteiger partial charge in [-0.1, -0.05) is 60.7 Å². The minimum absolute atomic E-state index is 0.213. The summed E-state index contributed by atoms with van der Waals surface area (Å²) >= 11 is 0. The van der Waals surface area contributed by atoms with Gasteiger partial charge < -0.3 is 4.40 Å². The third-order valence-corrected chi connectivity index (χ3v) is 6.44. The van der Waals surface area contributed by atoms with Crippen molar-refractivity contribution in [2.75, 3.05) is 4.72 Å². The number of sulfonamides is 1. The predicted molar refractivity (Wildman–Crippen MR) is 123 cm³/mol. The van der Waals surface area contributed by atoms with Crippen molar-refractivity contribution in [2.24, 2.45) is 0 Å². The lowest BCUT2D eigenvalue weighted by Gasteiger charge is -2.10. The highest BCUT2D eigenvalue weighted by atomic mass is 32.2. The van der Waals surface area contributed by atoms with Crippen LogP contribution in [0, 0.1) is 0 Å². The molecule has 0 unspecified atom stereocenters. The van der Waals surface area contributed by atoms with Crippen LogP contribution in [0.1, 0.15) is 0 Å². The van der Waals surface area contributed by atoms with Crippen LogP contribution in [-0.2, 0) is 10.0 Å². The van der Waals surface area contributed by atoms with E-state index in [-0.39, 0.29) is 4.90 Å². The molecule has 0 spiro atoms. The number of nitrogens with one attached hydrogen (secondary N) is 1. The van der Waals surface area contributed by atoms with Crippen molar-refractivity contribution in [1.29, 1.82) is 0 Å². The smallest absolute Gasteiger partial charge is 0.261 e. The van der Waals surface area contributed by atoms with Crippen molar-refractivity contribution >= 4 is 21.4 Å². The number of nitrogens with zero attached hydrogens (tertiary/aromatic N) is 2. The Labute approximate surface area is 180 Å². The third-order valence-electron chi connectivity index (χ3n) is 5.05. The highest BCUT2D eigenvalue weighted by Gasteiger charge is 2.15. The minimum Gasteiger partial charge on any atom is -0.306 e. The summed E-state index contributed by atoms with van der Waals surface area (Å²) in [5.74, 6) is 0. The molecule has 6 heteroatoms. The molecule has 5 aromatic rings. The molecule has 0 saturated carbocycles. The standard InChI is InChI=1S/C25H19N3O2S/c29-31(30,23-14-12-20(13-15-23)19-7-2-1-3-8-19)27-22-10-6-9-21(17-22)24-18-28-16-5-4-11-25(28)26-24/h1-18,27H. The average molecular weight is 426 g/mol. The molecule has 0 fully saturated rings. The van der Waals surface area contributed by atoms with Gasteiger partial charge in [0.2, 0.25) is 0 Å². The Kier molecular flexibility index (Phi) is 4.76. The van der Waals surface area contributed by atoms with E-state index >= 15 is 0 Å². The molecule has 0 atom stereocenters. The fourth-order valence-corrected chi connectivity index (χ4v) is 4.54. The lowest BCUT2D eigenvalue weighted by atomic mass is 10.1. The summed E-state index contributed by atoms with van der Waals surface area (Å²) < 4.78 is 30.4. The molecule has 0 aliphatic carbocycles. The number of aromatic nitrogens is 2. The quantitative estimate of drug-likeness (QED) is 0.406. The van der Waals surface area contributed by atoms with E-state index in [0.717, 1.165) is 28.0 Å². The lowest BCUT2D eigenvalue weighted by Crippen LogP contribution is -2.12. The van der Waals surface area contributed by atoms with Gasteiger partial charge in [0.05, 0.1) is 10.6 Å². The van der Waals surface area contributed by atoms with Crippen molar-refractivity contribution in [3.63, 3.8) is 0 Å². The predicted octanol–water partition coefficient (Wildman–Crippen LogP) is 5.47. The molecule has 0 aliphatic heterocycles. The maximum atomic E-state index is 12.9. The molecule has 3 aromatic carbocycles. The summed E-state index contributed by atoms with van der Waals surface area (Å²) in [5, 5.41) is 0. The Morgan fingerprint density at radius 3 is 2.19 bits per heavy atom. The van der Waals surface area contributed by atoms with Gasteiger partial charge in [0.1, 0.15) is 5.65 Å². The second kappa shape index (κ2) is 7.74. The molecule has 0 bridgehead atoms. The van der Waals surface area contributed by atoms with Gasteiger partial charge in [-0.2, -0.15) is 0 Å². The number of anilines is 1. The summed E-state index contributed by atoms with van der Waals surface area (Å²) in [5.41, 5.74) is 4.94. The first-order valence-electron chi connectivity index (χ1n) is 9.81. The molecule has 5 nitrogen and oxygen atoms in total. The molecule has 0 radical (unpaired) electrons. The number of hydrogen-bond acceptors (Lipinski definition) is 3. The van der Waals surface area contributed by atoms with Gasteiger partial charge in [0.25, 0.3) is 10.0 Å². The number of fused-ring (bicyclic) bond motifs is 1. The van der Waals surface area contributed by atoms with Gasteiger partial charge in [-0.05, 0) is 47.5 Å². The lowest BCUT2D eigenvalue weighted by molar-refractivity contribution is 0.601. The van der Waals surface area contributed by atoms with Crippen LogP contribution in [0.3, 0.4) is 0 Å². The molecule has 0 amide bonds. The maximum Gasteiger partial charge on any atom is 0.261 e. The molecule has 5 rings (SSSR count). The zero-order valence-corrected chi connectivity index (χ0v) is 17.3. The highest BCUT2D eigenvalue weighted by Crippen LogP contribution is 2.25. The SMILES string of the molecule is O=S(=O)(Nc1cccc(-c2cn3ccccc3n2)c1)c1ccc(-c2ccccc2)cc1. The molecule has 152 valence electrons. The van der Waals surface area contributed by atoms with Gasteiger partial charge in [0.15, 0.2) is 0 Å². The van der Waals surface area contributed by atoms with E-state index in [1.165, 1.54) is 0 Å². The van der Waals surface area contributed by atoms with Crippen molar-refractivity contribution < 1.29 is 8.42 Å². The molecule has 31 heavy (non-hydrogen) atoms. The van der Waals surface area contributed by atoms with Crippen LogP contribution in [0.5, 0.6) is 0 Å². The van der Waals surface area contributed by atoms with Gasteiger partial charge in [0, 0.05) is 23.6 Å². The number of imidazole rings is 1. The van der Waals surface area contributed by atoms with E-state index in [9.17, 15) is 8.42 Å². The number of rotatable bonds is 5. The number of pyridine rings is 1. The second-order valence-corrected chi connectivity index (χ2v) is 8.85. The van der Waals surface area contributed by atoms with Gasteiger partial charge in [-0.25, -0.2) is 13.4 Å². The van der Waals surface area contributed by atoms with Crippen LogP contribution < -0.4 is 4.72 Å². The zero-order valence-electron chi connectivity index (χ0n) is 16.5. The fourth-order valence-electron chi connectivity index (χ4n) is 3.49. The first kappa shape index (κ1) is 19.1. The van der Waals surface area contributed by atoms with Crippen LogP contribution >= 0.6 is 0 Å². The number of hydrogen-bond donors (Lipinski definition) is 1. The molecule has 1 N–H and O–H groups in total. The Morgan fingerprint density at radius 2 is 1.42 bits per heavy atom. The molecule has 2 aromatic heterocycles.